The van der Waals surface area contributed by atoms with Crippen molar-refractivity contribution in [1.82, 2.24) is 5.32 Å². The smallest absolute Gasteiger partial charge is 0.456 e. The van der Waals surface area contributed by atoms with Gasteiger partial charge in [0.1, 0.15) is 19.3 Å². The Kier molecular flexibility index (Phi) is 57.5. The fourth-order valence-corrected chi connectivity index (χ4v) is 11.1. The lowest BCUT2D eigenvalue weighted by Crippen LogP contribution is -2.47. The standard InChI is InChI=1S/C68H133N2O7P/c1-7-10-13-16-19-22-25-28-30-31-32-33-34-35-36-37-38-39-41-42-45-48-51-54-57-60-67(71)69-65(64-76-78(73,74)75-63-62-70(4,5)6)66(59-56-53-50-47-44-27-24-21-18-15-12-9-3)77-68(72)61-58-55-52-49-46-43-40-29-26-23-20-17-14-11-8-2/h23,26,56,59,65-66H,7-22,24-25,27-55,57-58,60-64H2,1-6H3,(H-,69,71,73,74)/p+1/b26-23-,59-56-. The molecule has 78 heavy (non-hydrogen) atoms. The van der Waals surface area contributed by atoms with Crippen molar-refractivity contribution in [2.45, 2.75) is 360 Å². The molecule has 0 heterocycles. The van der Waals surface area contributed by atoms with Gasteiger partial charge in [-0.25, -0.2) is 4.57 Å². The summed E-state index contributed by atoms with van der Waals surface area (Å²) < 4.78 is 30.8. The van der Waals surface area contributed by atoms with Crippen LogP contribution in [0.2, 0.25) is 0 Å². The summed E-state index contributed by atoms with van der Waals surface area (Å²) in [6.45, 7) is 7.05. The van der Waals surface area contributed by atoms with Crippen LogP contribution in [-0.4, -0.2) is 74.3 Å². The number of phosphoric acid groups is 1. The molecule has 10 heteroatoms. The van der Waals surface area contributed by atoms with E-state index in [0.717, 1.165) is 57.8 Å². The summed E-state index contributed by atoms with van der Waals surface area (Å²) in [6.07, 6.45) is 70.5. The van der Waals surface area contributed by atoms with E-state index in [-0.39, 0.29) is 25.1 Å². The first-order chi connectivity index (χ1) is 37.9. The molecule has 0 aromatic rings. The maximum atomic E-state index is 13.6. The zero-order valence-electron chi connectivity index (χ0n) is 52.9. The normalized spacial score (nSPS) is 13.7. The number of likely N-dealkylation sites (N-methyl/N-ethyl adjacent to an activating group) is 1. The second-order valence-electron chi connectivity index (χ2n) is 24.7. The van der Waals surface area contributed by atoms with Crippen LogP contribution >= 0.6 is 7.82 Å². The van der Waals surface area contributed by atoms with Crippen LogP contribution in [0.15, 0.2) is 24.3 Å². The van der Waals surface area contributed by atoms with E-state index in [1.807, 2.05) is 33.3 Å². The van der Waals surface area contributed by atoms with E-state index in [0.29, 0.717) is 23.9 Å². The van der Waals surface area contributed by atoms with Gasteiger partial charge in [-0.1, -0.05) is 302 Å². The molecule has 0 aromatic heterocycles. The Morgan fingerprint density at radius 2 is 0.744 bits per heavy atom. The SMILES string of the molecule is CCCCCC/C=C\CCCCCCCCCC(=O)OC(/C=C\CCCCCCCCCCCC)C(COP(=O)(O)OCC[N+](C)(C)C)NC(=O)CCCCCCCCCCCCCCCCCCCCCCCCCCC. The number of hydrogen-bond donors (Lipinski definition) is 2. The predicted octanol–water partition coefficient (Wildman–Crippen LogP) is 21.3. The van der Waals surface area contributed by atoms with Gasteiger partial charge in [-0.15, -0.1) is 0 Å². The molecule has 0 saturated heterocycles. The van der Waals surface area contributed by atoms with Crippen molar-refractivity contribution in [2.75, 3.05) is 40.9 Å². The molecule has 0 spiro atoms. The number of nitrogens with one attached hydrogen (secondary N) is 1. The van der Waals surface area contributed by atoms with Gasteiger partial charge in [0, 0.05) is 12.8 Å². The van der Waals surface area contributed by atoms with Crippen molar-refractivity contribution >= 4 is 19.7 Å². The number of nitrogens with zero attached hydrogens (tertiary/aromatic N) is 1. The number of hydrogen-bond acceptors (Lipinski definition) is 6. The minimum atomic E-state index is -4.45. The van der Waals surface area contributed by atoms with Gasteiger partial charge in [0.25, 0.3) is 0 Å². The van der Waals surface area contributed by atoms with E-state index in [9.17, 15) is 19.0 Å². The Hall–Kier alpha value is -1.51. The number of carbonyl (C=O) groups excluding carboxylic acids is 2. The summed E-state index contributed by atoms with van der Waals surface area (Å²) in [5, 5.41) is 3.07. The van der Waals surface area contributed by atoms with Crippen LogP contribution in [0, 0.1) is 0 Å². The number of esters is 1. The van der Waals surface area contributed by atoms with Crippen LogP contribution < -0.4 is 5.32 Å². The number of ether oxygens (including phenoxy) is 1. The number of allylic oxidation sites excluding steroid dienone is 3. The molecule has 2 N–H and O–H groups in total. The monoisotopic (exact) mass is 1120 g/mol. The third-order valence-electron chi connectivity index (χ3n) is 15.6. The topological polar surface area (TPSA) is 111 Å². The molecule has 0 rings (SSSR count). The van der Waals surface area contributed by atoms with E-state index in [1.165, 1.54) is 257 Å². The van der Waals surface area contributed by atoms with E-state index >= 15 is 0 Å². The molecule has 0 aliphatic carbocycles. The molecule has 0 aliphatic rings. The fourth-order valence-electron chi connectivity index (χ4n) is 10.4. The van der Waals surface area contributed by atoms with Crippen LogP contribution in [0.5, 0.6) is 0 Å². The summed E-state index contributed by atoms with van der Waals surface area (Å²) in [5.74, 6) is -0.491. The van der Waals surface area contributed by atoms with Gasteiger partial charge >= 0.3 is 13.8 Å². The Morgan fingerprint density at radius 1 is 0.436 bits per heavy atom. The van der Waals surface area contributed by atoms with Crippen LogP contribution in [-0.2, 0) is 27.9 Å². The van der Waals surface area contributed by atoms with Crippen molar-refractivity contribution in [3.05, 3.63) is 24.3 Å². The Labute approximate surface area is 485 Å². The first-order valence-electron chi connectivity index (χ1n) is 34.2. The molecule has 0 saturated carbocycles. The minimum Gasteiger partial charge on any atom is -0.456 e. The van der Waals surface area contributed by atoms with Crippen LogP contribution in [0.1, 0.15) is 348 Å². The summed E-state index contributed by atoms with van der Waals surface area (Å²) >= 11 is 0. The highest BCUT2D eigenvalue weighted by atomic mass is 31.2. The van der Waals surface area contributed by atoms with Crippen molar-refractivity contribution in [1.29, 1.82) is 0 Å². The van der Waals surface area contributed by atoms with Crippen molar-refractivity contribution in [3.8, 4) is 0 Å². The number of rotatable bonds is 63. The zero-order valence-corrected chi connectivity index (χ0v) is 53.8. The largest absolute Gasteiger partial charge is 0.472 e. The Morgan fingerprint density at radius 3 is 1.10 bits per heavy atom. The molecule has 0 bridgehead atoms. The lowest BCUT2D eigenvalue weighted by molar-refractivity contribution is -0.870. The summed E-state index contributed by atoms with van der Waals surface area (Å²) in [4.78, 5) is 37.8. The molecular formula is C68H134N2O7P+. The number of quaternary nitrogens is 1. The highest BCUT2D eigenvalue weighted by Gasteiger charge is 2.30. The highest BCUT2D eigenvalue weighted by Crippen LogP contribution is 2.43. The second-order valence-corrected chi connectivity index (χ2v) is 26.2. The van der Waals surface area contributed by atoms with E-state index in [1.54, 1.807) is 0 Å². The molecule has 0 aromatic carbocycles. The maximum Gasteiger partial charge on any atom is 0.472 e. The first kappa shape index (κ1) is 76.5. The predicted molar refractivity (Wildman–Crippen MR) is 337 cm³/mol. The average molecular weight is 1120 g/mol. The molecule has 1 amide bonds. The van der Waals surface area contributed by atoms with E-state index in [4.69, 9.17) is 13.8 Å². The first-order valence-corrected chi connectivity index (χ1v) is 35.7. The highest BCUT2D eigenvalue weighted by molar-refractivity contribution is 7.47. The van der Waals surface area contributed by atoms with Crippen molar-refractivity contribution in [3.63, 3.8) is 0 Å². The molecule has 9 nitrogen and oxygen atoms in total. The molecule has 0 fully saturated rings. The molecule has 0 radical (unpaired) electrons. The van der Waals surface area contributed by atoms with Gasteiger partial charge in [-0.05, 0) is 57.4 Å². The molecule has 3 atom stereocenters. The minimum absolute atomic E-state index is 0.0433. The molecule has 3 unspecified atom stereocenters. The summed E-state index contributed by atoms with van der Waals surface area (Å²) in [6, 6.07) is -0.844. The quantitative estimate of drug-likeness (QED) is 0.0205. The van der Waals surface area contributed by atoms with Gasteiger partial charge < -0.3 is 19.4 Å². The Balaban J connectivity index is 5.02. The summed E-state index contributed by atoms with van der Waals surface area (Å²) in [7, 11) is 1.51. The molecule has 462 valence electrons. The van der Waals surface area contributed by atoms with E-state index in [2.05, 4.69) is 38.2 Å². The fraction of sp³-hybridized carbons (Fsp3) is 0.912. The summed E-state index contributed by atoms with van der Waals surface area (Å²) in [5.41, 5.74) is 0. The van der Waals surface area contributed by atoms with Crippen LogP contribution in [0.4, 0.5) is 0 Å². The number of amides is 1. The third kappa shape index (κ3) is 59.1. The van der Waals surface area contributed by atoms with Crippen molar-refractivity contribution < 1.29 is 37.3 Å². The van der Waals surface area contributed by atoms with Gasteiger partial charge in [0.05, 0.1) is 33.8 Å². The average Bonchev–Trinajstić information content (AvgIpc) is 3.40. The van der Waals surface area contributed by atoms with Crippen LogP contribution in [0.3, 0.4) is 0 Å². The van der Waals surface area contributed by atoms with Crippen LogP contribution in [0.25, 0.3) is 0 Å². The zero-order chi connectivity index (χ0) is 57.2. The van der Waals surface area contributed by atoms with E-state index < -0.39 is 20.0 Å². The molecular weight excluding hydrogens is 988 g/mol. The number of phosphoric ester groups is 1. The number of carbonyl (C=O) groups is 2. The maximum absolute atomic E-state index is 13.6. The lowest BCUT2D eigenvalue weighted by atomic mass is 10.0. The van der Waals surface area contributed by atoms with Crippen molar-refractivity contribution in [2.24, 2.45) is 0 Å². The Bertz CT molecular complexity index is 1380. The third-order valence-corrected chi connectivity index (χ3v) is 16.6. The number of unbranched alkanes of at least 4 members (excludes halogenated alkanes) is 45. The van der Waals surface area contributed by atoms with Gasteiger partial charge in [-0.2, -0.15) is 0 Å². The lowest BCUT2D eigenvalue weighted by Gasteiger charge is -2.27. The van der Waals surface area contributed by atoms with Gasteiger partial charge in [0.2, 0.25) is 5.91 Å². The van der Waals surface area contributed by atoms with Gasteiger partial charge in [-0.3, -0.25) is 18.6 Å². The molecule has 0 aliphatic heterocycles. The second kappa shape index (κ2) is 58.7. The van der Waals surface area contributed by atoms with Gasteiger partial charge in [0.15, 0.2) is 0 Å².